The van der Waals surface area contributed by atoms with Crippen molar-refractivity contribution in [1.82, 2.24) is 0 Å². The van der Waals surface area contributed by atoms with Crippen LogP contribution in [-0.2, 0) is 4.79 Å². The summed E-state index contributed by atoms with van der Waals surface area (Å²) in [7, 11) is 2.01. The van der Waals surface area contributed by atoms with Crippen molar-refractivity contribution in [2.45, 2.75) is 11.1 Å². The maximum absolute atomic E-state index is 13.6. The van der Waals surface area contributed by atoms with E-state index in [9.17, 15) is 18.0 Å². The molecular weight excluding hydrogens is 377 g/mol. The predicted octanol–water partition coefficient (Wildman–Crippen LogP) is 6.31. The molecule has 0 atom stereocenters. The minimum Gasteiger partial charge on any atom is -0.288 e. The van der Waals surface area contributed by atoms with Gasteiger partial charge in [0.1, 0.15) is 0 Å². The largest absolute Gasteiger partial charge is 0.417 e. The van der Waals surface area contributed by atoms with Gasteiger partial charge in [-0.05, 0) is 51.8 Å². The summed E-state index contributed by atoms with van der Waals surface area (Å²) in [6.07, 6.45) is -1.82. The van der Waals surface area contributed by atoms with Gasteiger partial charge in [-0.2, -0.15) is 13.2 Å². The van der Waals surface area contributed by atoms with Crippen molar-refractivity contribution in [3.63, 3.8) is 0 Å². The van der Waals surface area contributed by atoms with Gasteiger partial charge in [0.2, 0.25) is 5.78 Å². The summed E-state index contributed by atoms with van der Waals surface area (Å²) >= 11 is 0. The Hall–Kier alpha value is -2.18. The first-order valence-electron chi connectivity index (χ1n) is 7.74. The first-order valence-corrected chi connectivity index (χ1v) is 9.89. The molecule has 0 aromatic heterocycles. The Morgan fingerprint density at radius 2 is 1.46 bits per heavy atom. The molecule has 6 heteroatoms. The van der Waals surface area contributed by atoms with Gasteiger partial charge in [-0.3, -0.25) is 4.79 Å². The fourth-order valence-electron chi connectivity index (χ4n) is 2.90. The lowest BCUT2D eigenvalue weighted by Gasteiger charge is -2.20. The van der Waals surface area contributed by atoms with E-state index in [1.807, 2.05) is 6.07 Å². The molecule has 0 N–H and O–H groups in total. The van der Waals surface area contributed by atoms with Crippen molar-refractivity contribution >= 4 is 39.0 Å². The number of fused-ring (bicyclic) bond motifs is 3. The molecule has 26 heavy (non-hydrogen) atoms. The van der Waals surface area contributed by atoms with Gasteiger partial charge in [0, 0.05) is 10.5 Å². The monoisotopic (exact) mass is 388 g/mol. The summed E-state index contributed by atoms with van der Waals surface area (Å²) in [5.74, 6) is -0.570. The number of carbonyl (C=O) groups is 1. The fraction of sp³-hybridized carbons (Fsp3) is 0.0500. The zero-order valence-electron chi connectivity index (χ0n) is 13.2. The van der Waals surface area contributed by atoms with Crippen molar-refractivity contribution in [1.29, 1.82) is 0 Å². The van der Waals surface area contributed by atoms with Gasteiger partial charge >= 0.3 is 6.18 Å². The number of alkyl halides is 3. The van der Waals surface area contributed by atoms with Crippen LogP contribution in [0.5, 0.6) is 0 Å². The molecular formula is C20H11F3OS2. The molecule has 2 aliphatic carbocycles. The molecule has 0 spiro atoms. The SMILES string of the molecule is O=C1C2=Cc3ccccc3C2=CC(C(F)(F)F)=C1SSc1ccccc1. The van der Waals surface area contributed by atoms with Crippen LogP contribution in [0.25, 0.3) is 11.6 Å². The Labute approximate surface area is 156 Å². The van der Waals surface area contributed by atoms with Gasteiger partial charge in [-0.15, -0.1) is 0 Å². The van der Waals surface area contributed by atoms with E-state index < -0.39 is 17.5 Å². The smallest absolute Gasteiger partial charge is 0.288 e. The number of rotatable bonds is 3. The third-order valence-corrected chi connectivity index (χ3v) is 6.54. The molecule has 4 rings (SSSR count). The molecule has 2 aromatic carbocycles. The van der Waals surface area contributed by atoms with E-state index in [-0.39, 0.29) is 4.91 Å². The third-order valence-electron chi connectivity index (χ3n) is 4.09. The van der Waals surface area contributed by atoms with E-state index >= 15 is 0 Å². The van der Waals surface area contributed by atoms with Crippen LogP contribution in [0.1, 0.15) is 11.1 Å². The van der Waals surface area contributed by atoms with Crippen LogP contribution in [0, 0.1) is 0 Å². The average Bonchev–Trinajstić information content (AvgIpc) is 3.00. The van der Waals surface area contributed by atoms with E-state index in [1.165, 1.54) is 0 Å². The van der Waals surface area contributed by atoms with E-state index in [4.69, 9.17) is 0 Å². The molecule has 0 radical (unpaired) electrons. The van der Waals surface area contributed by atoms with E-state index in [2.05, 4.69) is 0 Å². The van der Waals surface area contributed by atoms with Crippen molar-refractivity contribution < 1.29 is 18.0 Å². The minimum absolute atomic E-state index is 0.269. The first-order chi connectivity index (χ1) is 12.4. The van der Waals surface area contributed by atoms with E-state index in [1.54, 1.807) is 54.6 Å². The van der Waals surface area contributed by atoms with Crippen molar-refractivity contribution in [2.75, 3.05) is 0 Å². The van der Waals surface area contributed by atoms with Crippen LogP contribution in [0.4, 0.5) is 13.2 Å². The van der Waals surface area contributed by atoms with Gasteiger partial charge in [0.15, 0.2) is 0 Å². The Morgan fingerprint density at radius 3 is 2.19 bits per heavy atom. The highest BCUT2D eigenvalue weighted by Gasteiger charge is 2.42. The van der Waals surface area contributed by atoms with Gasteiger partial charge in [0.25, 0.3) is 0 Å². The molecule has 0 saturated carbocycles. The Bertz CT molecular complexity index is 986. The van der Waals surface area contributed by atoms with Crippen LogP contribution >= 0.6 is 21.6 Å². The lowest BCUT2D eigenvalue weighted by atomic mass is 9.92. The van der Waals surface area contributed by atoms with Crippen LogP contribution in [0.15, 0.2) is 81.6 Å². The van der Waals surface area contributed by atoms with Crippen LogP contribution in [0.3, 0.4) is 0 Å². The zero-order valence-corrected chi connectivity index (χ0v) is 14.8. The van der Waals surface area contributed by atoms with Gasteiger partial charge in [-0.25, -0.2) is 0 Å². The van der Waals surface area contributed by atoms with Gasteiger partial charge in [0.05, 0.1) is 10.5 Å². The second-order valence-corrected chi connectivity index (χ2v) is 7.97. The van der Waals surface area contributed by atoms with E-state index in [0.29, 0.717) is 16.7 Å². The number of halogens is 3. The average molecular weight is 388 g/mol. The lowest BCUT2D eigenvalue weighted by Crippen LogP contribution is -2.20. The molecule has 0 bridgehead atoms. The molecule has 0 unspecified atom stereocenters. The van der Waals surface area contributed by atoms with Crippen molar-refractivity contribution in [3.05, 3.63) is 87.9 Å². The second kappa shape index (κ2) is 6.52. The number of Topliss-reactive ketones (excluding diaryl/α,β-unsaturated/α-hetero) is 1. The summed E-state index contributed by atoms with van der Waals surface area (Å²) in [5, 5.41) is 0. The molecule has 130 valence electrons. The predicted molar refractivity (Wildman–Crippen MR) is 100 cm³/mol. The van der Waals surface area contributed by atoms with Crippen LogP contribution < -0.4 is 0 Å². The Balaban J connectivity index is 1.77. The summed E-state index contributed by atoms with van der Waals surface area (Å²) < 4.78 is 40.9. The maximum atomic E-state index is 13.6. The van der Waals surface area contributed by atoms with Gasteiger partial charge < -0.3 is 0 Å². The van der Waals surface area contributed by atoms with Crippen molar-refractivity contribution in [2.24, 2.45) is 0 Å². The summed E-state index contributed by atoms with van der Waals surface area (Å²) in [5.41, 5.74) is 1.24. The number of benzene rings is 2. The highest BCUT2D eigenvalue weighted by Crippen LogP contribution is 2.50. The van der Waals surface area contributed by atoms with Gasteiger partial charge in [-0.1, -0.05) is 53.3 Å². The first kappa shape index (κ1) is 17.2. The lowest BCUT2D eigenvalue weighted by molar-refractivity contribution is -0.113. The zero-order chi connectivity index (χ0) is 18.3. The maximum Gasteiger partial charge on any atom is 0.417 e. The molecule has 0 heterocycles. The molecule has 0 saturated heterocycles. The molecule has 2 aliphatic rings. The van der Waals surface area contributed by atoms with Crippen molar-refractivity contribution in [3.8, 4) is 0 Å². The quantitative estimate of drug-likeness (QED) is 0.574. The normalized spacial score (nSPS) is 16.2. The summed E-state index contributed by atoms with van der Waals surface area (Å²) in [4.78, 5) is 13.4. The number of hydrogen-bond donors (Lipinski definition) is 0. The second-order valence-electron chi connectivity index (χ2n) is 5.75. The Kier molecular flexibility index (Phi) is 4.32. The number of carbonyl (C=O) groups excluding carboxylic acids is 1. The molecule has 2 aromatic rings. The Morgan fingerprint density at radius 1 is 0.769 bits per heavy atom. The van der Waals surface area contributed by atoms with Crippen LogP contribution in [0.2, 0.25) is 0 Å². The molecule has 0 amide bonds. The molecule has 1 nitrogen and oxygen atoms in total. The number of hydrogen-bond acceptors (Lipinski definition) is 3. The minimum atomic E-state index is -4.59. The topological polar surface area (TPSA) is 17.1 Å². The highest BCUT2D eigenvalue weighted by atomic mass is 33.1. The number of ketones is 1. The fourth-order valence-corrected chi connectivity index (χ4v) is 5.17. The van der Waals surface area contributed by atoms with E-state index in [0.717, 1.165) is 38.1 Å². The van der Waals surface area contributed by atoms with Crippen LogP contribution in [-0.4, -0.2) is 12.0 Å². The molecule has 0 aliphatic heterocycles. The molecule has 0 fully saturated rings. The third kappa shape index (κ3) is 3.04. The summed E-state index contributed by atoms with van der Waals surface area (Å²) in [6.45, 7) is 0. The summed E-state index contributed by atoms with van der Waals surface area (Å²) in [6, 6.07) is 16.1. The standard InChI is InChI=1S/C20H11F3OS2/c21-20(22,23)17-11-15-14-9-5-4-6-12(14)10-16(15)18(24)19(17)26-25-13-7-2-1-3-8-13/h1-11H. The number of allylic oxidation sites excluding steroid dienone is 5. The highest BCUT2D eigenvalue weighted by molar-refractivity contribution is 8.78.